The van der Waals surface area contributed by atoms with E-state index in [2.05, 4.69) is 20.5 Å². The van der Waals surface area contributed by atoms with Crippen molar-refractivity contribution in [1.82, 2.24) is 15.2 Å². The van der Waals surface area contributed by atoms with Crippen molar-refractivity contribution in [3.05, 3.63) is 54.1 Å². The Hall–Kier alpha value is -3.03. The molecule has 5 nitrogen and oxygen atoms in total. The van der Waals surface area contributed by atoms with Crippen molar-refractivity contribution in [2.75, 3.05) is 11.1 Å². The van der Waals surface area contributed by atoms with Gasteiger partial charge in [-0.3, -0.25) is 0 Å². The Morgan fingerprint density at radius 1 is 1.04 bits per heavy atom. The van der Waals surface area contributed by atoms with E-state index in [1.54, 1.807) is 30.3 Å². The quantitative estimate of drug-likeness (QED) is 0.686. The molecule has 3 rings (SSSR count). The van der Waals surface area contributed by atoms with Crippen molar-refractivity contribution in [3.8, 4) is 11.1 Å². The van der Waals surface area contributed by atoms with E-state index in [4.69, 9.17) is 5.73 Å². The first-order valence-electron chi connectivity index (χ1n) is 6.65. The van der Waals surface area contributed by atoms with Gasteiger partial charge in [0.15, 0.2) is 0 Å². The molecule has 0 atom stereocenters. The fourth-order valence-corrected chi connectivity index (χ4v) is 2.19. The predicted octanol–water partition coefficient (Wildman–Crippen LogP) is 3.82. The number of hydrogen-bond acceptors (Lipinski definition) is 4. The highest BCUT2D eigenvalue weighted by molar-refractivity contribution is 5.72. The minimum absolute atomic E-state index is 0.0736. The molecule has 23 heavy (non-hydrogen) atoms. The molecule has 0 saturated heterocycles. The third-order valence-corrected chi connectivity index (χ3v) is 3.17. The molecule has 8 heteroatoms. The Labute approximate surface area is 129 Å². The first-order chi connectivity index (χ1) is 10.9. The number of nitrogens with zero attached hydrogens (tertiary/aromatic N) is 2. The van der Waals surface area contributed by atoms with Crippen molar-refractivity contribution in [3.63, 3.8) is 0 Å². The van der Waals surface area contributed by atoms with Crippen LogP contribution < -0.4 is 11.1 Å². The van der Waals surface area contributed by atoms with Gasteiger partial charge in [0.1, 0.15) is 0 Å². The smallest absolute Gasteiger partial charge is 0.368 e. The topological polar surface area (TPSA) is 79.6 Å². The lowest BCUT2D eigenvalue weighted by atomic mass is 9.98. The molecule has 0 aliphatic heterocycles. The zero-order chi connectivity index (χ0) is 16.4. The average molecular weight is 319 g/mol. The van der Waals surface area contributed by atoms with Crippen molar-refractivity contribution in [2.45, 2.75) is 6.18 Å². The second kappa shape index (κ2) is 5.64. The molecular weight excluding hydrogens is 307 g/mol. The number of nitrogens with one attached hydrogen (secondary N) is 2. The van der Waals surface area contributed by atoms with Crippen LogP contribution in [0.4, 0.5) is 30.8 Å². The number of nitrogen functional groups attached to an aromatic ring is 1. The van der Waals surface area contributed by atoms with Gasteiger partial charge in [0.05, 0.1) is 5.56 Å². The van der Waals surface area contributed by atoms with E-state index in [1.165, 1.54) is 12.1 Å². The van der Waals surface area contributed by atoms with Gasteiger partial charge in [0.25, 0.3) is 0 Å². The monoisotopic (exact) mass is 319 g/mol. The number of rotatable bonds is 3. The summed E-state index contributed by atoms with van der Waals surface area (Å²) in [6, 6.07) is 12.4. The maximum absolute atomic E-state index is 13.4. The molecule has 1 heterocycles. The van der Waals surface area contributed by atoms with E-state index < -0.39 is 11.7 Å². The lowest BCUT2D eigenvalue weighted by molar-refractivity contribution is -0.137. The molecule has 118 valence electrons. The Morgan fingerprint density at radius 2 is 1.78 bits per heavy atom. The van der Waals surface area contributed by atoms with Crippen LogP contribution in [0.25, 0.3) is 11.1 Å². The zero-order valence-electron chi connectivity index (χ0n) is 11.7. The van der Waals surface area contributed by atoms with Gasteiger partial charge in [-0.25, -0.2) is 5.10 Å². The molecule has 1 aromatic heterocycles. The van der Waals surface area contributed by atoms with Gasteiger partial charge < -0.3 is 11.1 Å². The largest absolute Gasteiger partial charge is 0.417 e. The van der Waals surface area contributed by atoms with Crippen molar-refractivity contribution in [1.29, 1.82) is 0 Å². The molecule has 0 radical (unpaired) electrons. The third kappa shape index (κ3) is 3.25. The number of hydrogen-bond donors (Lipinski definition) is 3. The number of nitrogens with two attached hydrogens (primary N) is 1. The standard InChI is InChI=1S/C15H12F3N5/c16-15(17,18)12-8-10(20-14-21-13(19)22-23-14)6-7-11(12)9-4-2-1-3-5-9/h1-8H,(H4,19,20,21,22,23). The van der Waals surface area contributed by atoms with Crippen LogP contribution in [0.15, 0.2) is 48.5 Å². The number of H-pyrrole nitrogens is 1. The van der Waals surface area contributed by atoms with Gasteiger partial charge in [-0.2, -0.15) is 18.2 Å². The van der Waals surface area contributed by atoms with E-state index in [0.717, 1.165) is 6.07 Å². The molecule has 0 bridgehead atoms. The van der Waals surface area contributed by atoms with Crippen LogP contribution in [-0.4, -0.2) is 15.2 Å². The molecule has 0 amide bonds. The third-order valence-electron chi connectivity index (χ3n) is 3.17. The summed E-state index contributed by atoms with van der Waals surface area (Å²) in [5.74, 6) is 0.174. The Morgan fingerprint density at radius 3 is 2.39 bits per heavy atom. The predicted molar refractivity (Wildman–Crippen MR) is 81.0 cm³/mol. The van der Waals surface area contributed by atoms with Crippen LogP contribution >= 0.6 is 0 Å². The molecule has 0 spiro atoms. The molecule has 2 aromatic carbocycles. The van der Waals surface area contributed by atoms with Gasteiger partial charge >= 0.3 is 6.18 Å². The number of anilines is 3. The SMILES string of the molecule is Nc1nc(Nc2ccc(-c3ccccc3)c(C(F)(F)F)c2)n[nH]1. The number of halogens is 3. The average Bonchev–Trinajstić information content (AvgIpc) is 2.92. The highest BCUT2D eigenvalue weighted by Gasteiger charge is 2.34. The van der Waals surface area contributed by atoms with Crippen molar-refractivity contribution >= 4 is 17.6 Å². The van der Waals surface area contributed by atoms with E-state index >= 15 is 0 Å². The summed E-state index contributed by atoms with van der Waals surface area (Å²) in [5.41, 5.74) is 5.47. The van der Waals surface area contributed by atoms with E-state index in [-0.39, 0.29) is 23.1 Å². The summed E-state index contributed by atoms with van der Waals surface area (Å²) in [4.78, 5) is 3.80. The number of aromatic nitrogens is 3. The summed E-state index contributed by atoms with van der Waals surface area (Å²) in [5, 5.41) is 8.82. The van der Waals surface area contributed by atoms with Crippen LogP contribution in [0.2, 0.25) is 0 Å². The van der Waals surface area contributed by atoms with Gasteiger partial charge in [0, 0.05) is 5.69 Å². The van der Waals surface area contributed by atoms with Gasteiger partial charge in [0.2, 0.25) is 11.9 Å². The number of benzene rings is 2. The molecule has 0 saturated carbocycles. The van der Waals surface area contributed by atoms with Crippen LogP contribution in [0.3, 0.4) is 0 Å². The number of alkyl halides is 3. The summed E-state index contributed by atoms with van der Waals surface area (Å²) in [6.07, 6.45) is -4.49. The maximum atomic E-state index is 13.4. The van der Waals surface area contributed by atoms with Crippen LogP contribution in [0.5, 0.6) is 0 Å². The van der Waals surface area contributed by atoms with Crippen molar-refractivity contribution < 1.29 is 13.2 Å². The summed E-state index contributed by atoms with van der Waals surface area (Å²) >= 11 is 0. The molecule has 0 aliphatic carbocycles. The minimum atomic E-state index is -4.49. The molecule has 3 aromatic rings. The first kappa shape index (κ1) is 14.9. The summed E-state index contributed by atoms with van der Waals surface area (Å²) in [7, 11) is 0. The molecule has 4 N–H and O–H groups in total. The van der Waals surface area contributed by atoms with Gasteiger partial charge in [-0.15, -0.1) is 5.10 Å². The van der Waals surface area contributed by atoms with Crippen LogP contribution in [-0.2, 0) is 6.18 Å². The Bertz CT molecular complexity index is 811. The fraction of sp³-hybridized carbons (Fsp3) is 0.0667. The second-order valence-corrected chi connectivity index (χ2v) is 4.79. The zero-order valence-corrected chi connectivity index (χ0v) is 11.7. The highest BCUT2D eigenvalue weighted by Crippen LogP contribution is 2.38. The highest BCUT2D eigenvalue weighted by atomic mass is 19.4. The summed E-state index contributed by atoms with van der Waals surface area (Å²) in [6.45, 7) is 0. The molecule has 0 fully saturated rings. The lowest BCUT2D eigenvalue weighted by Crippen LogP contribution is -2.08. The first-order valence-corrected chi connectivity index (χ1v) is 6.65. The van der Waals surface area contributed by atoms with Gasteiger partial charge in [-0.1, -0.05) is 36.4 Å². The molecule has 0 aliphatic rings. The molecular formula is C15H12F3N5. The maximum Gasteiger partial charge on any atom is 0.417 e. The van der Waals surface area contributed by atoms with Crippen LogP contribution in [0.1, 0.15) is 5.56 Å². The van der Waals surface area contributed by atoms with Crippen LogP contribution in [0, 0.1) is 0 Å². The Balaban J connectivity index is 2.02. The number of aromatic amines is 1. The van der Waals surface area contributed by atoms with E-state index in [0.29, 0.717) is 5.56 Å². The van der Waals surface area contributed by atoms with E-state index in [9.17, 15) is 13.2 Å². The summed E-state index contributed by atoms with van der Waals surface area (Å²) < 4.78 is 40.1. The van der Waals surface area contributed by atoms with Gasteiger partial charge in [-0.05, 0) is 23.3 Å². The second-order valence-electron chi connectivity index (χ2n) is 4.79. The fourth-order valence-electron chi connectivity index (χ4n) is 2.19. The van der Waals surface area contributed by atoms with E-state index in [1.807, 2.05) is 0 Å². The van der Waals surface area contributed by atoms with Crippen molar-refractivity contribution in [2.24, 2.45) is 0 Å². The normalized spacial score (nSPS) is 11.4. The Kier molecular flexibility index (Phi) is 3.65. The molecule has 0 unspecified atom stereocenters. The minimum Gasteiger partial charge on any atom is -0.368 e. The lowest BCUT2D eigenvalue weighted by Gasteiger charge is -2.15.